The predicted molar refractivity (Wildman–Crippen MR) is 57.3 cm³/mol. The fraction of sp³-hybridized carbons (Fsp3) is 0.875. The molecule has 0 fully saturated rings. The van der Waals surface area contributed by atoms with Crippen LogP contribution in [-0.4, -0.2) is 37.8 Å². The van der Waals surface area contributed by atoms with Gasteiger partial charge in [-0.1, -0.05) is 0 Å². The third kappa shape index (κ3) is 3.46. The molecule has 0 aromatic rings. The van der Waals surface area contributed by atoms with Gasteiger partial charge in [0.1, 0.15) is 4.75 Å². The van der Waals surface area contributed by atoms with Crippen molar-refractivity contribution < 1.29 is 13.2 Å². The third-order valence-electron chi connectivity index (χ3n) is 2.07. The number of rotatable bonds is 5. The van der Waals surface area contributed by atoms with Crippen LogP contribution in [0.15, 0.2) is 0 Å². The van der Waals surface area contributed by atoms with E-state index >= 15 is 0 Å². The molecule has 0 aromatic heterocycles. The summed E-state index contributed by atoms with van der Waals surface area (Å²) < 4.78 is 21.1. The van der Waals surface area contributed by atoms with Crippen molar-refractivity contribution in [2.45, 2.75) is 25.0 Å². The fourth-order valence-electron chi connectivity index (χ4n) is 0.650. The first kappa shape index (κ1) is 13.7. The van der Waals surface area contributed by atoms with Crippen LogP contribution in [0.5, 0.6) is 0 Å². The molecule has 0 radical (unpaired) electrons. The van der Waals surface area contributed by atoms with Gasteiger partial charge in [-0.25, -0.2) is 8.42 Å². The molecule has 0 saturated carbocycles. The maximum atomic E-state index is 11.5. The third-order valence-corrected chi connectivity index (χ3v) is 4.38. The Kier molecular flexibility index (Phi) is 4.88. The Labute approximate surface area is 89.9 Å². The number of hydrogen-bond acceptors (Lipinski definition) is 3. The van der Waals surface area contributed by atoms with E-state index in [2.05, 4.69) is 5.32 Å². The average molecular weight is 242 g/mol. The molecule has 0 aromatic carbocycles. The number of hydrogen-bond donors (Lipinski definition) is 1. The maximum Gasteiger partial charge on any atom is 0.240 e. The van der Waals surface area contributed by atoms with Crippen LogP contribution in [0.2, 0.25) is 0 Å². The highest BCUT2D eigenvalue weighted by molar-refractivity contribution is 7.92. The van der Waals surface area contributed by atoms with Gasteiger partial charge in [-0.2, -0.15) is 0 Å². The second kappa shape index (κ2) is 4.98. The molecule has 14 heavy (non-hydrogen) atoms. The summed E-state index contributed by atoms with van der Waals surface area (Å²) in [6, 6.07) is 0. The summed E-state index contributed by atoms with van der Waals surface area (Å²) in [7, 11) is -3.38. The molecule has 0 atom stereocenters. The lowest BCUT2D eigenvalue weighted by Crippen LogP contribution is -2.47. The van der Waals surface area contributed by atoms with E-state index in [-0.39, 0.29) is 0 Å². The minimum absolute atomic E-state index is 0.404. The normalized spacial score (nSPS) is 12.6. The van der Waals surface area contributed by atoms with Crippen LogP contribution in [0.3, 0.4) is 0 Å². The summed E-state index contributed by atoms with van der Waals surface area (Å²) in [6.45, 7) is 3.18. The molecule has 1 N–H and O–H groups in total. The first-order valence-corrected chi connectivity index (χ1v) is 6.70. The largest absolute Gasteiger partial charge is 0.355 e. The van der Waals surface area contributed by atoms with Crippen molar-refractivity contribution in [1.82, 2.24) is 5.32 Å². The van der Waals surface area contributed by atoms with Crippen LogP contribution >= 0.6 is 11.6 Å². The first-order chi connectivity index (χ1) is 6.23. The Morgan fingerprint density at radius 1 is 1.43 bits per heavy atom. The number of amides is 1. The molecule has 0 aliphatic carbocycles. The maximum absolute atomic E-state index is 11.5. The van der Waals surface area contributed by atoms with E-state index in [4.69, 9.17) is 11.6 Å². The molecule has 0 unspecified atom stereocenters. The predicted octanol–water partition coefficient (Wildman–Crippen LogP) is 0.555. The van der Waals surface area contributed by atoms with Gasteiger partial charge in [0.25, 0.3) is 0 Å². The molecular weight excluding hydrogens is 226 g/mol. The van der Waals surface area contributed by atoms with Gasteiger partial charge in [-0.05, 0) is 20.3 Å². The van der Waals surface area contributed by atoms with Crippen LogP contribution in [0.1, 0.15) is 20.3 Å². The van der Waals surface area contributed by atoms with E-state index in [1.165, 1.54) is 13.8 Å². The summed E-state index contributed by atoms with van der Waals surface area (Å²) in [5, 5.41) is 2.53. The van der Waals surface area contributed by atoms with Crippen LogP contribution in [-0.2, 0) is 14.6 Å². The highest BCUT2D eigenvalue weighted by Gasteiger charge is 2.37. The SMILES string of the molecule is CC(C)(C(=O)NCCCCl)S(C)(=O)=O. The fourth-order valence-corrected chi connectivity index (χ4v) is 1.19. The zero-order valence-corrected chi connectivity index (χ0v) is 10.2. The van der Waals surface area contributed by atoms with Crippen molar-refractivity contribution in [3.8, 4) is 0 Å². The summed E-state index contributed by atoms with van der Waals surface area (Å²) in [5.74, 6) is -0.0373. The van der Waals surface area contributed by atoms with Gasteiger partial charge in [0, 0.05) is 18.7 Å². The molecule has 0 rings (SSSR count). The van der Waals surface area contributed by atoms with Gasteiger partial charge in [0.05, 0.1) is 0 Å². The van der Waals surface area contributed by atoms with Crippen LogP contribution in [0, 0.1) is 0 Å². The topological polar surface area (TPSA) is 63.2 Å². The molecule has 0 saturated heterocycles. The molecule has 0 heterocycles. The van der Waals surface area contributed by atoms with Crippen molar-refractivity contribution in [1.29, 1.82) is 0 Å². The lowest BCUT2D eigenvalue weighted by molar-refractivity contribution is -0.122. The lowest BCUT2D eigenvalue weighted by Gasteiger charge is -2.21. The minimum atomic E-state index is -3.38. The van der Waals surface area contributed by atoms with E-state index in [0.717, 1.165) is 6.26 Å². The molecule has 84 valence electrons. The highest BCUT2D eigenvalue weighted by atomic mass is 35.5. The van der Waals surface area contributed by atoms with Gasteiger partial charge in [0.15, 0.2) is 9.84 Å². The van der Waals surface area contributed by atoms with E-state index in [1.54, 1.807) is 0 Å². The van der Waals surface area contributed by atoms with E-state index < -0.39 is 20.5 Å². The molecule has 6 heteroatoms. The van der Waals surface area contributed by atoms with Crippen molar-refractivity contribution >= 4 is 27.3 Å². The number of sulfone groups is 1. The van der Waals surface area contributed by atoms with Crippen molar-refractivity contribution in [3.05, 3.63) is 0 Å². The van der Waals surface area contributed by atoms with Crippen molar-refractivity contribution in [2.24, 2.45) is 0 Å². The second-order valence-corrected chi connectivity index (χ2v) is 6.52. The van der Waals surface area contributed by atoms with E-state index in [0.29, 0.717) is 18.8 Å². The molecule has 4 nitrogen and oxygen atoms in total. The Hall–Kier alpha value is -0.290. The zero-order chi connectivity index (χ0) is 11.4. The Balaban J connectivity index is 4.39. The van der Waals surface area contributed by atoms with Crippen LogP contribution < -0.4 is 5.32 Å². The Morgan fingerprint density at radius 3 is 2.29 bits per heavy atom. The number of nitrogens with one attached hydrogen (secondary N) is 1. The van der Waals surface area contributed by atoms with Gasteiger partial charge in [0.2, 0.25) is 5.91 Å². The minimum Gasteiger partial charge on any atom is -0.355 e. The zero-order valence-electron chi connectivity index (χ0n) is 8.63. The summed E-state index contributed by atoms with van der Waals surface area (Å²) in [6.07, 6.45) is 1.68. The van der Waals surface area contributed by atoms with E-state index in [9.17, 15) is 13.2 Å². The number of halogens is 1. The van der Waals surface area contributed by atoms with Crippen molar-refractivity contribution in [2.75, 3.05) is 18.7 Å². The molecule has 1 amide bonds. The van der Waals surface area contributed by atoms with Crippen molar-refractivity contribution in [3.63, 3.8) is 0 Å². The van der Waals surface area contributed by atoms with Gasteiger partial charge < -0.3 is 5.32 Å². The monoisotopic (exact) mass is 241 g/mol. The quantitative estimate of drug-likeness (QED) is 0.565. The first-order valence-electron chi connectivity index (χ1n) is 4.27. The van der Waals surface area contributed by atoms with Crippen LogP contribution in [0.25, 0.3) is 0 Å². The smallest absolute Gasteiger partial charge is 0.240 e. The number of alkyl halides is 1. The number of carbonyl (C=O) groups is 1. The highest BCUT2D eigenvalue weighted by Crippen LogP contribution is 2.14. The van der Waals surface area contributed by atoms with Gasteiger partial charge in [-0.3, -0.25) is 4.79 Å². The van der Waals surface area contributed by atoms with Gasteiger partial charge >= 0.3 is 0 Å². The Bertz CT molecular complexity index is 298. The summed E-state index contributed by atoms with van der Waals surface area (Å²) in [4.78, 5) is 11.5. The van der Waals surface area contributed by atoms with Crippen LogP contribution in [0.4, 0.5) is 0 Å². The van der Waals surface area contributed by atoms with E-state index in [1.807, 2.05) is 0 Å². The second-order valence-electron chi connectivity index (χ2n) is 3.58. The molecule has 0 spiro atoms. The lowest BCUT2D eigenvalue weighted by atomic mass is 10.2. The number of carbonyl (C=O) groups excluding carboxylic acids is 1. The standard InChI is InChI=1S/C8H16ClNO3S/c1-8(2,14(3,12)13)7(11)10-6-4-5-9/h4-6H2,1-3H3,(H,10,11). The molecule has 0 bridgehead atoms. The molecular formula is C8H16ClNO3S. The molecule has 0 aliphatic rings. The average Bonchev–Trinajstić information content (AvgIpc) is 2.02. The molecule has 0 aliphatic heterocycles. The summed E-state index contributed by atoms with van der Waals surface area (Å²) >= 11 is 5.42. The summed E-state index contributed by atoms with van der Waals surface area (Å²) in [5.41, 5.74) is 0. The Morgan fingerprint density at radius 2 is 1.93 bits per heavy atom. The van der Waals surface area contributed by atoms with Gasteiger partial charge in [-0.15, -0.1) is 11.6 Å².